The van der Waals surface area contributed by atoms with Gasteiger partial charge in [0.2, 0.25) is 0 Å². The zero-order valence-electron chi connectivity index (χ0n) is 9.99. The molecule has 0 spiro atoms. The van der Waals surface area contributed by atoms with Crippen molar-refractivity contribution in [3.8, 4) is 6.07 Å². The van der Waals surface area contributed by atoms with Crippen LogP contribution in [0.25, 0.3) is 0 Å². The molecule has 2 rings (SSSR count). The lowest BCUT2D eigenvalue weighted by Crippen LogP contribution is -2.33. The summed E-state index contributed by atoms with van der Waals surface area (Å²) in [6.45, 7) is 2.06. The maximum atomic E-state index is 12.8. The first-order chi connectivity index (χ1) is 8.20. The molecule has 0 aromatic heterocycles. The lowest BCUT2D eigenvalue weighted by molar-refractivity contribution is 0.417. The molecule has 0 saturated heterocycles. The van der Waals surface area contributed by atoms with Crippen LogP contribution in [0.4, 0.5) is 4.39 Å². The number of nitrogens with one attached hydrogen (secondary N) is 1. The number of rotatable bonds is 3. The summed E-state index contributed by atoms with van der Waals surface area (Å²) in [6, 6.07) is 9.34. The predicted octanol–water partition coefficient (Wildman–Crippen LogP) is 3.17. The fraction of sp³-hybridized carbons (Fsp3) is 0.500. The van der Waals surface area contributed by atoms with Crippen molar-refractivity contribution in [2.75, 3.05) is 0 Å². The monoisotopic (exact) mass is 232 g/mol. The van der Waals surface area contributed by atoms with Gasteiger partial charge in [-0.05, 0) is 37.5 Å². The van der Waals surface area contributed by atoms with E-state index in [1.165, 1.54) is 12.1 Å². The molecule has 3 heteroatoms. The third kappa shape index (κ3) is 2.83. The van der Waals surface area contributed by atoms with Crippen molar-refractivity contribution >= 4 is 0 Å². The number of nitriles is 1. The summed E-state index contributed by atoms with van der Waals surface area (Å²) in [5.74, 6) is -0.0883. The molecule has 1 saturated carbocycles. The van der Waals surface area contributed by atoms with Gasteiger partial charge in [0.1, 0.15) is 5.82 Å². The number of nitrogens with zero attached hydrogens (tertiary/aromatic N) is 1. The standard InChI is InChI=1S/C14H17FN2/c1-10(11-5-7-13(15)8-6-11)17-14-4-2-3-12(14)9-16/h5-8,10,12,14,17H,2-4H2,1H3. The van der Waals surface area contributed by atoms with E-state index in [1.54, 1.807) is 12.1 Å². The van der Waals surface area contributed by atoms with E-state index < -0.39 is 0 Å². The van der Waals surface area contributed by atoms with Crippen LogP contribution in [0.1, 0.15) is 37.8 Å². The normalized spacial score (nSPS) is 25.5. The van der Waals surface area contributed by atoms with E-state index in [0.717, 1.165) is 24.8 Å². The van der Waals surface area contributed by atoms with Gasteiger partial charge >= 0.3 is 0 Å². The molecule has 3 atom stereocenters. The van der Waals surface area contributed by atoms with Gasteiger partial charge in [0.05, 0.1) is 12.0 Å². The summed E-state index contributed by atoms with van der Waals surface area (Å²) in [5.41, 5.74) is 1.06. The van der Waals surface area contributed by atoms with Crippen molar-refractivity contribution in [1.82, 2.24) is 5.32 Å². The molecule has 2 nitrogen and oxygen atoms in total. The van der Waals surface area contributed by atoms with E-state index in [0.29, 0.717) is 0 Å². The van der Waals surface area contributed by atoms with Crippen LogP contribution in [-0.2, 0) is 0 Å². The minimum atomic E-state index is -0.211. The second-order valence-corrected chi connectivity index (χ2v) is 4.71. The van der Waals surface area contributed by atoms with Crippen LogP contribution in [-0.4, -0.2) is 6.04 Å². The number of benzene rings is 1. The Kier molecular flexibility index (Phi) is 3.75. The molecule has 1 N–H and O–H groups in total. The Morgan fingerprint density at radius 3 is 2.71 bits per heavy atom. The fourth-order valence-electron chi connectivity index (χ4n) is 2.48. The molecule has 0 amide bonds. The molecule has 1 fully saturated rings. The molecular formula is C14H17FN2. The first kappa shape index (κ1) is 12.1. The van der Waals surface area contributed by atoms with Gasteiger partial charge in [0, 0.05) is 12.1 Å². The predicted molar refractivity (Wildman–Crippen MR) is 64.7 cm³/mol. The van der Waals surface area contributed by atoms with Crippen LogP contribution < -0.4 is 5.32 Å². The first-order valence-electron chi connectivity index (χ1n) is 6.12. The molecule has 1 aromatic rings. The van der Waals surface area contributed by atoms with Gasteiger partial charge in [-0.15, -0.1) is 0 Å². The maximum absolute atomic E-state index is 12.8. The second kappa shape index (κ2) is 5.29. The highest BCUT2D eigenvalue weighted by atomic mass is 19.1. The molecule has 0 aliphatic heterocycles. The lowest BCUT2D eigenvalue weighted by Gasteiger charge is -2.21. The summed E-state index contributed by atoms with van der Waals surface area (Å²) in [5, 5.41) is 12.5. The summed E-state index contributed by atoms with van der Waals surface area (Å²) < 4.78 is 12.8. The average Bonchev–Trinajstić information content (AvgIpc) is 2.77. The summed E-state index contributed by atoms with van der Waals surface area (Å²) in [4.78, 5) is 0. The van der Waals surface area contributed by atoms with Crippen LogP contribution >= 0.6 is 0 Å². The van der Waals surface area contributed by atoms with E-state index in [9.17, 15) is 4.39 Å². The van der Waals surface area contributed by atoms with Gasteiger partial charge in [-0.1, -0.05) is 18.6 Å². The first-order valence-corrected chi connectivity index (χ1v) is 6.12. The van der Waals surface area contributed by atoms with Crippen molar-refractivity contribution in [3.63, 3.8) is 0 Å². The Bertz CT molecular complexity index is 407. The Balaban J connectivity index is 1.99. The SMILES string of the molecule is CC(NC1CCCC1C#N)c1ccc(F)cc1. The maximum Gasteiger partial charge on any atom is 0.123 e. The molecule has 0 heterocycles. The van der Waals surface area contributed by atoms with E-state index in [1.807, 2.05) is 0 Å². The van der Waals surface area contributed by atoms with Crippen molar-refractivity contribution in [2.45, 2.75) is 38.3 Å². The van der Waals surface area contributed by atoms with Crippen molar-refractivity contribution < 1.29 is 4.39 Å². The molecule has 1 aliphatic carbocycles. The van der Waals surface area contributed by atoms with Crippen LogP contribution in [0, 0.1) is 23.1 Å². The van der Waals surface area contributed by atoms with E-state index in [4.69, 9.17) is 5.26 Å². The lowest BCUT2D eigenvalue weighted by atomic mass is 10.0. The Labute approximate surface area is 101 Å². The third-order valence-electron chi connectivity index (χ3n) is 3.52. The molecule has 0 bridgehead atoms. The Morgan fingerprint density at radius 2 is 2.06 bits per heavy atom. The van der Waals surface area contributed by atoms with Gasteiger partial charge in [-0.2, -0.15) is 5.26 Å². The van der Waals surface area contributed by atoms with Crippen molar-refractivity contribution in [2.24, 2.45) is 5.92 Å². The number of hydrogen-bond acceptors (Lipinski definition) is 2. The topological polar surface area (TPSA) is 35.8 Å². The largest absolute Gasteiger partial charge is 0.306 e. The number of hydrogen-bond donors (Lipinski definition) is 1. The van der Waals surface area contributed by atoms with Crippen LogP contribution in [0.3, 0.4) is 0 Å². The zero-order chi connectivity index (χ0) is 12.3. The van der Waals surface area contributed by atoms with Gasteiger partial charge in [0.15, 0.2) is 0 Å². The number of halogens is 1. The van der Waals surface area contributed by atoms with E-state index in [-0.39, 0.29) is 23.8 Å². The highest BCUT2D eigenvalue weighted by molar-refractivity contribution is 5.19. The highest BCUT2D eigenvalue weighted by Gasteiger charge is 2.28. The van der Waals surface area contributed by atoms with Crippen LogP contribution in [0.2, 0.25) is 0 Å². The molecular weight excluding hydrogens is 215 g/mol. The molecule has 3 unspecified atom stereocenters. The van der Waals surface area contributed by atoms with E-state index in [2.05, 4.69) is 18.3 Å². The quantitative estimate of drug-likeness (QED) is 0.868. The summed E-state index contributed by atoms with van der Waals surface area (Å²) in [6.07, 6.45) is 3.17. The fourth-order valence-corrected chi connectivity index (χ4v) is 2.48. The van der Waals surface area contributed by atoms with Crippen LogP contribution in [0.15, 0.2) is 24.3 Å². The smallest absolute Gasteiger partial charge is 0.123 e. The van der Waals surface area contributed by atoms with Gasteiger partial charge in [-0.25, -0.2) is 4.39 Å². The Morgan fingerprint density at radius 1 is 1.35 bits per heavy atom. The molecule has 1 aromatic carbocycles. The highest BCUT2D eigenvalue weighted by Crippen LogP contribution is 2.27. The molecule has 90 valence electrons. The summed E-state index contributed by atoms with van der Waals surface area (Å²) in [7, 11) is 0. The van der Waals surface area contributed by atoms with Gasteiger partial charge in [-0.3, -0.25) is 0 Å². The third-order valence-corrected chi connectivity index (χ3v) is 3.52. The summed E-state index contributed by atoms with van der Waals surface area (Å²) >= 11 is 0. The molecule has 1 aliphatic rings. The minimum Gasteiger partial charge on any atom is -0.306 e. The Hall–Kier alpha value is -1.40. The average molecular weight is 232 g/mol. The molecule has 17 heavy (non-hydrogen) atoms. The van der Waals surface area contributed by atoms with Crippen molar-refractivity contribution in [3.05, 3.63) is 35.6 Å². The van der Waals surface area contributed by atoms with Crippen molar-refractivity contribution in [1.29, 1.82) is 5.26 Å². The second-order valence-electron chi connectivity index (χ2n) is 4.71. The minimum absolute atomic E-state index is 0.123. The van der Waals surface area contributed by atoms with Crippen LogP contribution in [0.5, 0.6) is 0 Å². The molecule has 0 radical (unpaired) electrons. The van der Waals surface area contributed by atoms with Gasteiger partial charge in [0.25, 0.3) is 0 Å². The van der Waals surface area contributed by atoms with Gasteiger partial charge < -0.3 is 5.32 Å². The van der Waals surface area contributed by atoms with E-state index >= 15 is 0 Å². The zero-order valence-corrected chi connectivity index (χ0v) is 9.99.